The molecule has 0 saturated heterocycles. The van der Waals surface area contributed by atoms with Gasteiger partial charge in [0.15, 0.2) is 5.82 Å². The number of carbonyl (C=O) groups is 1. The van der Waals surface area contributed by atoms with E-state index in [1.165, 1.54) is 17.3 Å². The summed E-state index contributed by atoms with van der Waals surface area (Å²) >= 11 is 0. The molecular weight excluding hydrogens is 318 g/mol. The third-order valence-electron chi connectivity index (χ3n) is 3.76. The van der Waals surface area contributed by atoms with Crippen LogP contribution in [0.1, 0.15) is 22.8 Å². The molecule has 2 aromatic heterocycles. The van der Waals surface area contributed by atoms with E-state index >= 15 is 0 Å². The van der Waals surface area contributed by atoms with Crippen LogP contribution in [-0.4, -0.2) is 38.8 Å². The average molecular weight is 337 g/mol. The zero-order valence-electron chi connectivity index (χ0n) is 14.1. The highest BCUT2D eigenvalue weighted by Crippen LogP contribution is 2.19. The molecule has 0 bridgehead atoms. The van der Waals surface area contributed by atoms with Gasteiger partial charge in [0.1, 0.15) is 18.4 Å². The van der Waals surface area contributed by atoms with E-state index in [1.54, 1.807) is 25.4 Å². The average Bonchev–Trinajstić information content (AvgIpc) is 3.17. The summed E-state index contributed by atoms with van der Waals surface area (Å²) in [6.07, 6.45) is 5.21. The van der Waals surface area contributed by atoms with Crippen LogP contribution in [0.5, 0.6) is 5.75 Å². The highest BCUT2D eigenvalue weighted by Gasteiger charge is 2.13. The number of carbonyl (C=O) groups excluding carboxylic acids is 1. The molecule has 0 radical (unpaired) electrons. The van der Waals surface area contributed by atoms with E-state index in [-0.39, 0.29) is 11.9 Å². The second kappa shape index (κ2) is 7.57. The smallest absolute Gasteiger partial charge is 0.251 e. The minimum Gasteiger partial charge on any atom is -0.496 e. The van der Waals surface area contributed by atoms with Crippen molar-refractivity contribution in [3.63, 3.8) is 0 Å². The Morgan fingerprint density at radius 2 is 2.16 bits per heavy atom. The zero-order chi connectivity index (χ0) is 17.6. The number of benzene rings is 1. The molecule has 1 amide bonds. The molecular formula is C18H19N5O2. The molecule has 2 heterocycles. The summed E-state index contributed by atoms with van der Waals surface area (Å²) in [7, 11) is 1.64. The molecule has 1 atom stereocenters. The Bertz CT molecular complexity index is 848. The maximum Gasteiger partial charge on any atom is 0.251 e. The van der Waals surface area contributed by atoms with Crippen LogP contribution in [0.25, 0.3) is 5.82 Å². The Kier molecular flexibility index (Phi) is 5.03. The summed E-state index contributed by atoms with van der Waals surface area (Å²) in [6.45, 7) is 1.96. The van der Waals surface area contributed by atoms with Crippen molar-refractivity contribution in [2.75, 3.05) is 7.11 Å². The second-order valence-corrected chi connectivity index (χ2v) is 5.63. The predicted octanol–water partition coefficient (Wildman–Crippen LogP) is 2.03. The number of nitrogens with one attached hydrogen (secondary N) is 1. The van der Waals surface area contributed by atoms with Crippen LogP contribution in [0, 0.1) is 0 Å². The molecule has 0 unspecified atom stereocenters. The molecule has 7 heteroatoms. The maximum atomic E-state index is 12.5. The number of aromatic nitrogens is 4. The van der Waals surface area contributed by atoms with Crippen LogP contribution in [0.4, 0.5) is 0 Å². The minimum atomic E-state index is -0.161. The van der Waals surface area contributed by atoms with Gasteiger partial charge in [-0.2, -0.15) is 5.10 Å². The Morgan fingerprint density at radius 3 is 2.92 bits per heavy atom. The molecule has 0 aliphatic heterocycles. The zero-order valence-corrected chi connectivity index (χ0v) is 14.1. The molecule has 1 aromatic carbocycles. The first-order valence-corrected chi connectivity index (χ1v) is 7.91. The number of hydrogen-bond acceptors (Lipinski definition) is 5. The van der Waals surface area contributed by atoms with Gasteiger partial charge in [-0.15, -0.1) is 0 Å². The van der Waals surface area contributed by atoms with E-state index in [0.29, 0.717) is 17.8 Å². The lowest BCUT2D eigenvalue weighted by molar-refractivity contribution is 0.0940. The third-order valence-corrected chi connectivity index (χ3v) is 3.76. The van der Waals surface area contributed by atoms with Gasteiger partial charge in [0.05, 0.1) is 7.11 Å². The summed E-state index contributed by atoms with van der Waals surface area (Å²) < 4.78 is 6.87. The summed E-state index contributed by atoms with van der Waals surface area (Å²) in [6, 6.07) is 11.1. The van der Waals surface area contributed by atoms with Crippen molar-refractivity contribution in [3.05, 3.63) is 66.4 Å². The lowest BCUT2D eigenvalue weighted by Gasteiger charge is -2.16. The molecule has 0 aliphatic rings. The second-order valence-electron chi connectivity index (χ2n) is 5.63. The normalized spacial score (nSPS) is 11.8. The number of ether oxygens (including phenoxy) is 1. The van der Waals surface area contributed by atoms with Gasteiger partial charge in [0.25, 0.3) is 5.91 Å². The fourth-order valence-electron chi connectivity index (χ4n) is 2.57. The van der Waals surface area contributed by atoms with Crippen LogP contribution in [0.2, 0.25) is 0 Å². The summed E-state index contributed by atoms with van der Waals surface area (Å²) in [5, 5.41) is 7.02. The highest BCUT2D eigenvalue weighted by atomic mass is 16.5. The van der Waals surface area contributed by atoms with E-state index in [9.17, 15) is 4.79 Å². The molecule has 7 nitrogen and oxygen atoms in total. The van der Waals surface area contributed by atoms with Crippen molar-refractivity contribution >= 4 is 5.91 Å². The first kappa shape index (κ1) is 16.6. The lowest BCUT2D eigenvalue weighted by Crippen LogP contribution is -2.34. The van der Waals surface area contributed by atoms with E-state index in [1.807, 2.05) is 31.2 Å². The number of para-hydroxylation sites is 1. The fourth-order valence-corrected chi connectivity index (χ4v) is 2.57. The standard InChI is InChI=1S/C18H19N5O2/c1-13(9-14-5-3-4-6-16(14)25-2)22-18(24)15-7-8-20-17(10-15)23-12-19-11-21-23/h3-8,10-13H,9H2,1-2H3,(H,22,24)/t13-/m0/s1. The minimum absolute atomic E-state index is 0.0493. The Balaban J connectivity index is 1.68. The van der Waals surface area contributed by atoms with Crippen molar-refractivity contribution in [2.24, 2.45) is 0 Å². The fraction of sp³-hybridized carbons (Fsp3) is 0.222. The van der Waals surface area contributed by atoms with Gasteiger partial charge in [-0.25, -0.2) is 14.6 Å². The quantitative estimate of drug-likeness (QED) is 0.744. The number of rotatable bonds is 6. The van der Waals surface area contributed by atoms with Gasteiger partial charge in [0.2, 0.25) is 0 Å². The SMILES string of the molecule is COc1ccccc1C[C@H](C)NC(=O)c1ccnc(-n2cncn2)c1. The largest absolute Gasteiger partial charge is 0.496 e. The van der Waals surface area contributed by atoms with E-state index in [2.05, 4.69) is 20.4 Å². The molecule has 1 N–H and O–H groups in total. The van der Waals surface area contributed by atoms with Gasteiger partial charge in [-0.05, 0) is 37.1 Å². The Labute approximate surface area is 145 Å². The topological polar surface area (TPSA) is 81.9 Å². The summed E-state index contributed by atoms with van der Waals surface area (Å²) in [4.78, 5) is 20.6. The lowest BCUT2D eigenvalue weighted by atomic mass is 10.1. The molecule has 128 valence electrons. The number of nitrogens with zero attached hydrogens (tertiary/aromatic N) is 4. The van der Waals surface area contributed by atoms with Crippen LogP contribution in [0.3, 0.4) is 0 Å². The van der Waals surface area contributed by atoms with Crippen LogP contribution < -0.4 is 10.1 Å². The van der Waals surface area contributed by atoms with Crippen molar-refractivity contribution < 1.29 is 9.53 Å². The molecule has 25 heavy (non-hydrogen) atoms. The number of methoxy groups -OCH3 is 1. The molecule has 0 aliphatic carbocycles. The monoisotopic (exact) mass is 337 g/mol. The molecule has 3 aromatic rings. The number of pyridine rings is 1. The predicted molar refractivity (Wildman–Crippen MR) is 92.8 cm³/mol. The van der Waals surface area contributed by atoms with Crippen LogP contribution in [0.15, 0.2) is 55.2 Å². The molecule has 0 saturated carbocycles. The number of hydrogen-bond donors (Lipinski definition) is 1. The van der Waals surface area contributed by atoms with Crippen molar-refractivity contribution in [1.29, 1.82) is 0 Å². The van der Waals surface area contributed by atoms with Crippen LogP contribution in [-0.2, 0) is 6.42 Å². The van der Waals surface area contributed by atoms with Gasteiger partial charge >= 0.3 is 0 Å². The summed E-state index contributed by atoms with van der Waals surface area (Å²) in [5.74, 6) is 1.20. The Hall–Kier alpha value is -3.22. The van der Waals surface area contributed by atoms with E-state index in [4.69, 9.17) is 4.74 Å². The highest BCUT2D eigenvalue weighted by molar-refractivity contribution is 5.94. The first-order chi connectivity index (χ1) is 12.2. The van der Waals surface area contributed by atoms with Crippen molar-refractivity contribution in [1.82, 2.24) is 25.1 Å². The van der Waals surface area contributed by atoms with Crippen LogP contribution >= 0.6 is 0 Å². The third kappa shape index (κ3) is 4.00. The van der Waals surface area contributed by atoms with Crippen molar-refractivity contribution in [2.45, 2.75) is 19.4 Å². The van der Waals surface area contributed by atoms with E-state index in [0.717, 1.165) is 11.3 Å². The maximum absolute atomic E-state index is 12.5. The van der Waals surface area contributed by atoms with Gasteiger partial charge in [-0.3, -0.25) is 4.79 Å². The molecule has 0 fully saturated rings. The van der Waals surface area contributed by atoms with Crippen molar-refractivity contribution in [3.8, 4) is 11.6 Å². The van der Waals surface area contributed by atoms with Gasteiger partial charge < -0.3 is 10.1 Å². The molecule has 0 spiro atoms. The Morgan fingerprint density at radius 1 is 1.32 bits per heavy atom. The molecule has 3 rings (SSSR count). The summed E-state index contributed by atoms with van der Waals surface area (Å²) in [5.41, 5.74) is 1.57. The van der Waals surface area contributed by atoms with Gasteiger partial charge in [-0.1, -0.05) is 18.2 Å². The first-order valence-electron chi connectivity index (χ1n) is 7.91. The number of amides is 1. The van der Waals surface area contributed by atoms with E-state index < -0.39 is 0 Å². The van der Waals surface area contributed by atoms with Gasteiger partial charge in [0, 0.05) is 17.8 Å².